The molecule has 1 atom stereocenters. The second-order valence-electron chi connectivity index (χ2n) is 5.93. The summed E-state index contributed by atoms with van der Waals surface area (Å²) in [5.41, 5.74) is 7.37. The number of hydrogen-bond acceptors (Lipinski definition) is 3. The molecule has 3 heteroatoms. The van der Waals surface area contributed by atoms with E-state index < -0.39 is 5.41 Å². The number of hydrogen-bond donors (Lipinski definition) is 1. The third kappa shape index (κ3) is 3.83. The fraction of sp³-hybridized carbons (Fsp3) is 0.588. The fourth-order valence-corrected chi connectivity index (χ4v) is 2.62. The van der Waals surface area contributed by atoms with Gasteiger partial charge in [0.2, 0.25) is 0 Å². The van der Waals surface area contributed by atoms with Crippen LogP contribution in [0.25, 0.3) is 0 Å². The molecular weight excluding hydrogens is 250 g/mol. The molecule has 0 amide bonds. The number of benzene rings is 1. The van der Waals surface area contributed by atoms with E-state index in [1.165, 1.54) is 7.11 Å². The molecule has 0 radical (unpaired) electrons. The maximum Gasteiger partial charge on any atom is 0.317 e. The first kappa shape index (κ1) is 16.7. The summed E-state index contributed by atoms with van der Waals surface area (Å²) in [5.74, 6) is 0.398. The average Bonchev–Trinajstić information content (AvgIpc) is 2.42. The van der Waals surface area contributed by atoms with Crippen molar-refractivity contribution in [2.24, 2.45) is 11.7 Å². The maximum atomic E-state index is 12.4. The maximum absolute atomic E-state index is 12.4. The van der Waals surface area contributed by atoms with Crippen molar-refractivity contribution in [3.8, 4) is 0 Å². The van der Waals surface area contributed by atoms with Gasteiger partial charge in [-0.05, 0) is 24.8 Å². The molecule has 1 unspecified atom stereocenters. The van der Waals surface area contributed by atoms with Crippen molar-refractivity contribution in [3.63, 3.8) is 0 Å². The monoisotopic (exact) mass is 277 g/mol. The number of esters is 1. The molecule has 112 valence electrons. The molecule has 3 nitrogen and oxygen atoms in total. The minimum Gasteiger partial charge on any atom is -0.468 e. The van der Waals surface area contributed by atoms with Crippen molar-refractivity contribution in [2.75, 3.05) is 13.7 Å². The van der Waals surface area contributed by atoms with Crippen molar-refractivity contribution in [1.82, 2.24) is 0 Å². The van der Waals surface area contributed by atoms with Crippen LogP contribution >= 0.6 is 0 Å². The van der Waals surface area contributed by atoms with E-state index in [9.17, 15) is 4.79 Å². The largest absolute Gasteiger partial charge is 0.468 e. The Morgan fingerprint density at radius 2 is 2.10 bits per heavy atom. The van der Waals surface area contributed by atoms with Crippen LogP contribution in [0.1, 0.15) is 44.2 Å². The number of aryl methyl sites for hydroxylation is 1. The zero-order valence-electron chi connectivity index (χ0n) is 13.1. The van der Waals surface area contributed by atoms with Crippen molar-refractivity contribution in [3.05, 3.63) is 35.4 Å². The zero-order chi connectivity index (χ0) is 15.2. The Morgan fingerprint density at radius 1 is 1.40 bits per heavy atom. The molecule has 0 saturated heterocycles. The lowest BCUT2D eigenvalue weighted by Gasteiger charge is -2.30. The standard InChI is InChI=1S/C17H27NO2/c1-13(2)7-6-10-17(12-18,16(19)20-4)15-9-5-8-14(3)11-15/h5,8-9,11,13H,6-7,10,12,18H2,1-4H3. The van der Waals surface area contributed by atoms with E-state index in [4.69, 9.17) is 10.5 Å². The summed E-state index contributed by atoms with van der Waals surface area (Å²) in [5, 5.41) is 0. The molecule has 2 N–H and O–H groups in total. The fourth-order valence-electron chi connectivity index (χ4n) is 2.62. The third-order valence-corrected chi connectivity index (χ3v) is 3.88. The second kappa shape index (κ2) is 7.44. The Kier molecular flexibility index (Phi) is 6.21. The lowest BCUT2D eigenvalue weighted by Crippen LogP contribution is -2.44. The van der Waals surface area contributed by atoms with E-state index >= 15 is 0 Å². The van der Waals surface area contributed by atoms with Gasteiger partial charge in [0.15, 0.2) is 0 Å². The number of ether oxygens (including phenoxy) is 1. The highest BCUT2D eigenvalue weighted by Gasteiger charge is 2.39. The van der Waals surface area contributed by atoms with Crippen LogP contribution in [-0.4, -0.2) is 19.6 Å². The highest BCUT2D eigenvalue weighted by Crippen LogP contribution is 2.32. The van der Waals surface area contributed by atoms with Crippen molar-refractivity contribution >= 4 is 5.97 Å². The molecule has 0 heterocycles. The van der Waals surface area contributed by atoms with E-state index in [-0.39, 0.29) is 12.5 Å². The number of rotatable bonds is 7. The minimum atomic E-state index is -0.713. The molecule has 0 bridgehead atoms. The van der Waals surface area contributed by atoms with Gasteiger partial charge in [-0.2, -0.15) is 0 Å². The summed E-state index contributed by atoms with van der Waals surface area (Å²) in [4.78, 5) is 12.4. The number of carbonyl (C=O) groups excluding carboxylic acids is 1. The summed E-state index contributed by atoms with van der Waals surface area (Å²) in [6.07, 6.45) is 2.79. The van der Waals surface area contributed by atoms with Crippen LogP contribution in [0.5, 0.6) is 0 Å². The van der Waals surface area contributed by atoms with E-state index in [1.807, 2.05) is 31.2 Å². The van der Waals surface area contributed by atoms with Crippen LogP contribution in [0.15, 0.2) is 24.3 Å². The molecule has 0 aliphatic heterocycles. The van der Waals surface area contributed by atoms with Gasteiger partial charge in [0.1, 0.15) is 5.41 Å². The highest BCUT2D eigenvalue weighted by molar-refractivity contribution is 5.83. The zero-order valence-corrected chi connectivity index (χ0v) is 13.1. The van der Waals surface area contributed by atoms with Crippen LogP contribution in [-0.2, 0) is 14.9 Å². The smallest absolute Gasteiger partial charge is 0.317 e. The number of carbonyl (C=O) groups is 1. The van der Waals surface area contributed by atoms with Gasteiger partial charge < -0.3 is 10.5 Å². The lowest BCUT2D eigenvalue weighted by molar-refractivity contribution is -0.147. The summed E-state index contributed by atoms with van der Waals surface area (Å²) in [6, 6.07) is 8.02. The Bertz CT molecular complexity index is 442. The van der Waals surface area contributed by atoms with Gasteiger partial charge in [-0.15, -0.1) is 0 Å². The van der Waals surface area contributed by atoms with Crippen LogP contribution in [0.3, 0.4) is 0 Å². The molecule has 0 saturated carbocycles. The van der Waals surface area contributed by atoms with Gasteiger partial charge in [0.25, 0.3) is 0 Å². The highest BCUT2D eigenvalue weighted by atomic mass is 16.5. The van der Waals surface area contributed by atoms with Gasteiger partial charge >= 0.3 is 5.97 Å². The van der Waals surface area contributed by atoms with Crippen LogP contribution in [0.2, 0.25) is 0 Å². The first-order valence-corrected chi connectivity index (χ1v) is 7.32. The Morgan fingerprint density at radius 3 is 2.60 bits per heavy atom. The predicted octanol–water partition coefficient (Wildman–Crippen LogP) is 3.19. The molecule has 0 spiro atoms. The van der Waals surface area contributed by atoms with Crippen molar-refractivity contribution in [2.45, 2.75) is 45.4 Å². The topological polar surface area (TPSA) is 52.3 Å². The molecule has 1 aromatic carbocycles. The number of nitrogens with two attached hydrogens (primary N) is 1. The lowest BCUT2D eigenvalue weighted by atomic mass is 9.75. The number of methoxy groups -OCH3 is 1. The summed E-state index contributed by atoms with van der Waals surface area (Å²) in [7, 11) is 1.44. The summed E-state index contributed by atoms with van der Waals surface area (Å²) in [6.45, 7) is 6.68. The van der Waals surface area contributed by atoms with E-state index in [2.05, 4.69) is 13.8 Å². The summed E-state index contributed by atoms with van der Waals surface area (Å²) < 4.78 is 5.04. The molecule has 0 aliphatic rings. The first-order valence-electron chi connectivity index (χ1n) is 7.32. The predicted molar refractivity (Wildman–Crippen MR) is 82.6 cm³/mol. The minimum absolute atomic E-state index is 0.227. The molecule has 0 aromatic heterocycles. The first-order chi connectivity index (χ1) is 9.46. The Labute approximate surface area is 122 Å². The van der Waals surface area contributed by atoms with Gasteiger partial charge in [0, 0.05) is 6.54 Å². The average molecular weight is 277 g/mol. The van der Waals surface area contributed by atoms with E-state index in [0.29, 0.717) is 5.92 Å². The normalized spacial score (nSPS) is 14.1. The van der Waals surface area contributed by atoms with Crippen molar-refractivity contribution < 1.29 is 9.53 Å². The van der Waals surface area contributed by atoms with Crippen molar-refractivity contribution in [1.29, 1.82) is 0 Å². The Hall–Kier alpha value is -1.35. The van der Waals surface area contributed by atoms with Gasteiger partial charge in [-0.1, -0.05) is 56.5 Å². The Balaban J connectivity index is 3.08. The molecule has 1 aromatic rings. The van der Waals surface area contributed by atoms with Crippen LogP contribution in [0.4, 0.5) is 0 Å². The molecule has 0 fully saturated rings. The van der Waals surface area contributed by atoms with Gasteiger partial charge in [-0.25, -0.2) is 0 Å². The molecule has 0 aliphatic carbocycles. The molecular formula is C17H27NO2. The summed E-state index contributed by atoms with van der Waals surface area (Å²) >= 11 is 0. The van der Waals surface area contributed by atoms with E-state index in [0.717, 1.165) is 30.4 Å². The SMILES string of the molecule is COC(=O)C(CN)(CCCC(C)C)c1cccc(C)c1. The van der Waals surface area contributed by atoms with Crippen LogP contribution in [0, 0.1) is 12.8 Å². The molecule has 20 heavy (non-hydrogen) atoms. The van der Waals surface area contributed by atoms with Gasteiger partial charge in [0.05, 0.1) is 7.11 Å². The second-order valence-corrected chi connectivity index (χ2v) is 5.93. The van der Waals surface area contributed by atoms with Gasteiger partial charge in [-0.3, -0.25) is 4.79 Å². The molecule has 1 rings (SSSR count). The quantitative estimate of drug-likeness (QED) is 0.779. The van der Waals surface area contributed by atoms with E-state index in [1.54, 1.807) is 0 Å². The third-order valence-electron chi connectivity index (χ3n) is 3.88. The van der Waals surface area contributed by atoms with Crippen LogP contribution < -0.4 is 5.73 Å².